The van der Waals surface area contributed by atoms with Gasteiger partial charge in [-0.25, -0.2) is 21.1 Å². The molecule has 2 aliphatic heterocycles. The molecule has 0 radical (unpaired) electrons. The third-order valence-corrected chi connectivity index (χ3v) is 9.27. The number of rotatable bonds is 7. The molecule has 3 rings (SSSR count). The van der Waals surface area contributed by atoms with E-state index in [2.05, 4.69) is 11.8 Å². The Bertz CT molecular complexity index is 910. The van der Waals surface area contributed by atoms with Gasteiger partial charge in [-0.2, -0.15) is 4.31 Å². The summed E-state index contributed by atoms with van der Waals surface area (Å²) in [5, 5.41) is 0. The van der Waals surface area contributed by atoms with Crippen molar-refractivity contribution in [3.63, 3.8) is 0 Å². The van der Waals surface area contributed by atoms with Gasteiger partial charge in [-0.05, 0) is 44.0 Å². The van der Waals surface area contributed by atoms with E-state index >= 15 is 0 Å². The molecule has 0 aromatic heterocycles. The number of hydrogen-bond acceptors (Lipinski definition) is 6. The molecule has 8 nitrogen and oxygen atoms in total. The summed E-state index contributed by atoms with van der Waals surface area (Å²) in [7, 11) is -6.77. The number of hydrogen-bond donors (Lipinski definition) is 0. The van der Waals surface area contributed by atoms with Gasteiger partial charge in [0.05, 0.1) is 17.8 Å². The van der Waals surface area contributed by atoms with Gasteiger partial charge in [0.15, 0.2) is 0 Å². The molecule has 0 amide bonds. The standard InChI is InChI=1S/C19H31N3O5S2/c1-4-19(10-11-22(16-19)28(3,23)24)20-12-14-21(15-13-20)29(25,26)18-8-6-17(7-9-18)27-5-2/h6-9H,4-5,10-16H2,1-3H3/t19-/m1/s1. The molecule has 164 valence electrons. The van der Waals surface area contributed by atoms with Crippen LogP contribution in [0.4, 0.5) is 0 Å². The molecule has 29 heavy (non-hydrogen) atoms. The topological polar surface area (TPSA) is 87.2 Å². The maximum absolute atomic E-state index is 13.0. The summed E-state index contributed by atoms with van der Waals surface area (Å²) in [5.74, 6) is 0.651. The molecule has 1 aromatic rings. The van der Waals surface area contributed by atoms with Gasteiger partial charge in [-0.1, -0.05) is 6.92 Å². The molecular weight excluding hydrogens is 414 g/mol. The van der Waals surface area contributed by atoms with Crippen LogP contribution in [0.1, 0.15) is 26.7 Å². The summed E-state index contributed by atoms with van der Waals surface area (Å²) in [6, 6.07) is 6.52. The van der Waals surface area contributed by atoms with Crippen LogP contribution in [0.2, 0.25) is 0 Å². The van der Waals surface area contributed by atoms with Gasteiger partial charge >= 0.3 is 0 Å². The van der Waals surface area contributed by atoms with Crippen LogP contribution in [-0.4, -0.2) is 88.0 Å². The molecule has 10 heteroatoms. The normalized spacial score (nSPS) is 25.3. The lowest BCUT2D eigenvalue weighted by molar-refractivity contribution is 0.0600. The highest BCUT2D eigenvalue weighted by atomic mass is 32.2. The lowest BCUT2D eigenvalue weighted by Gasteiger charge is -2.45. The monoisotopic (exact) mass is 445 g/mol. The van der Waals surface area contributed by atoms with Crippen molar-refractivity contribution in [2.75, 3.05) is 52.1 Å². The van der Waals surface area contributed by atoms with E-state index in [1.807, 2.05) is 6.92 Å². The van der Waals surface area contributed by atoms with Gasteiger partial charge in [-0.3, -0.25) is 4.90 Å². The number of nitrogens with zero attached hydrogens (tertiary/aromatic N) is 3. The second-order valence-electron chi connectivity index (χ2n) is 7.72. The van der Waals surface area contributed by atoms with E-state index in [-0.39, 0.29) is 10.4 Å². The summed E-state index contributed by atoms with van der Waals surface area (Å²) in [4.78, 5) is 2.55. The van der Waals surface area contributed by atoms with Crippen LogP contribution < -0.4 is 4.74 Å². The fourth-order valence-electron chi connectivity index (χ4n) is 4.30. The highest BCUT2D eigenvalue weighted by Gasteiger charge is 2.45. The molecule has 1 aromatic carbocycles. The minimum absolute atomic E-state index is 0.210. The van der Waals surface area contributed by atoms with Crippen molar-refractivity contribution in [2.24, 2.45) is 0 Å². The van der Waals surface area contributed by atoms with Crippen LogP contribution >= 0.6 is 0 Å². The summed E-state index contributed by atoms with van der Waals surface area (Å²) in [6.07, 6.45) is 2.87. The van der Waals surface area contributed by atoms with Crippen molar-refractivity contribution in [2.45, 2.75) is 37.1 Å². The Labute approximate surface area is 174 Å². The van der Waals surface area contributed by atoms with Crippen LogP contribution in [0.3, 0.4) is 0 Å². The van der Waals surface area contributed by atoms with Crippen LogP contribution in [0, 0.1) is 0 Å². The van der Waals surface area contributed by atoms with Gasteiger partial charge in [0.25, 0.3) is 0 Å². The highest BCUT2D eigenvalue weighted by Crippen LogP contribution is 2.34. The summed E-state index contributed by atoms with van der Waals surface area (Å²) >= 11 is 0. The Balaban J connectivity index is 1.68. The Morgan fingerprint density at radius 2 is 1.55 bits per heavy atom. The molecule has 0 bridgehead atoms. The molecule has 0 saturated carbocycles. The molecule has 2 heterocycles. The van der Waals surface area contributed by atoms with Gasteiger partial charge < -0.3 is 4.74 Å². The van der Waals surface area contributed by atoms with Crippen molar-refractivity contribution in [1.82, 2.24) is 13.5 Å². The lowest BCUT2D eigenvalue weighted by atomic mass is 9.92. The van der Waals surface area contributed by atoms with Crippen molar-refractivity contribution < 1.29 is 21.6 Å². The van der Waals surface area contributed by atoms with Crippen LogP contribution in [0.5, 0.6) is 5.75 Å². The van der Waals surface area contributed by atoms with Crippen LogP contribution in [-0.2, 0) is 20.0 Å². The molecule has 0 unspecified atom stereocenters. The first-order valence-corrected chi connectivity index (χ1v) is 13.3. The minimum Gasteiger partial charge on any atom is -0.494 e. The number of piperazine rings is 1. The third-order valence-electron chi connectivity index (χ3n) is 6.11. The number of ether oxygens (including phenoxy) is 1. The molecule has 1 atom stereocenters. The SMILES string of the molecule is CCOc1ccc(S(=O)(=O)N2CCN([C@]3(CC)CCN(S(C)(=O)=O)C3)CC2)cc1. The predicted octanol–water partition coefficient (Wildman–Crippen LogP) is 1.21. The Morgan fingerprint density at radius 1 is 0.931 bits per heavy atom. The van der Waals surface area contributed by atoms with E-state index in [4.69, 9.17) is 4.74 Å². The highest BCUT2D eigenvalue weighted by molar-refractivity contribution is 7.89. The Kier molecular flexibility index (Phi) is 6.59. The average molecular weight is 446 g/mol. The van der Waals surface area contributed by atoms with Crippen LogP contribution in [0.25, 0.3) is 0 Å². The van der Waals surface area contributed by atoms with E-state index in [9.17, 15) is 16.8 Å². The second-order valence-corrected chi connectivity index (χ2v) is 11.6. The first kappa shape index (κ1) is 22.5. The third kappa shape index (κ3) is 4.61. The maximum Gasteiger partial charge on any atom is 0.243 e. The van der Waals surface area contributed by atoms with E-state index < -0.39 is 20.0 Å². The first-order chi connectivity index (χ1) is 13.6. The molecular formula is C19H31N3O5S2. The second kappa shape index (κ2) is 8.50. The summed E-state index contributed by atoms with van der Waals surface area (Å²) in [5.41, 5.74) is -0.210. The maximum atomic E-state index is 13.0. The van der Waals surface area contributed by atoms with E-state index in [1.165, 1.54) is 10.6 Å². The van der Waals surface area contributed by atoms with Crippen LogP contribution in [0.15, 0.2) is 29.2 Å². The molecule has 0 N–H and O–H groups in total. The summed E-state index contributed by atoms with van der Waals surface area (Å²) < 4.78 is 58.3. The fraction of sp³-hybridized carbons (Fsp3) is 0.684. The van der Waals surface area contributed by atoms with E-state index in [1.54, 1.807) is 28.6 Å². The van der Waals surface area contributed by atoms with Crippen molar-refractivity contribution in [3.8, 4) is 5.75 Å². The predicted molar refractivity (Wildman–Crippen MR) is 112 cm³/mol. The molecule has 2 aliphatic rings. The smallest absolute Gasteiger partial charge is 0.243 e. The van der Waals surface area contributed by atoms with Gasteiger partial charge in [0, 0.05) is 44.8 Å². The Hall–Kier alpha value is -1.20. The van der Waals surface area contributed by atoms with Gasteiger partial charge in [0.1, 0.15) is 5.75 Å². The Morgan fingerprint density at radius 3 is 2.03 bits per heavy atom. The molecule has 2 fully saturated rings. The average Bonchev–Trinajstić information content (AvgIpc) is 3.15. The molecule has 0 aliphatic carbocycles. The summed E-state index contributed by atoms with van der Waals surface area (Å²) in [6.45, 7) is 7.49. The first-order valence-electron chi connectivity index (χ1n) is 10.1. The van der Waals surface area contributed by atoms with Gasteiger partial charge in [-0.15, -0.1) is 0 Å². The lowest BCUT2D eigenvalue weighted by Crippen LogP contribution is -2.58. The number of sulfonamides is 2. The van der Waals surface area contributed by atoms with Crippen molar-refractivity contribution >= 4 is 20.0 Å². The zero-order chi connectivity index (χ0) is 21.3. The van der Waals surface area contributed by atoms with Crippen molar-refractivity contribution in [3.05, 3.63) is 24.3 Å². The fourth-order valence-corrected chi connectivity index (χ4v) is 6.62. The largest absolute Gasteiger partial charge is 0.494 e. The number of benzene rings is 1. The minimum atomic E-state index is -3.56. The quantitative estimate of drug-likeness (QED) is 0.627. The zero-order valence-electron chi connectivity index (χ0n) is 17.4. The zero-order valence-corrected chi connectivity index (χ0v) is 19.0. The van der Waals surface area contributed by atoms with E-state index in [0.717, 1.165) is 12.8 Å². The van der Waals surface area contributed by atoms with E-state index in [0.29, 0.717) is 51.6 Å². The van der Waals surface area contributed by atoms with Gasteiger partial charge in [0.2, 0.25) is 20.0 Å². The molecule has 0 spiro atoms. The molecule has 2 saturated heterocycles. The van der Waals surface area contributed by atoms with Crippen molar-refractivity contribution in [1.29, 1.82) is 0 Å².